The average molecular weight is 458 g/mol. The zero-order valence-corrected chi connectivity index (χ0v) is 19.4. The molecule has 3 fully saturated rings. The van der Waals surface area contributed by atoms with Gasteiger partial charge in [-0.3, -0.25) is 19.8 Å². The molecule has 0 aliphatic carbocycles. The molecule has 0 radical (unpaired) electrons. The second kappa shape index (κ2) is 10.5. The summed E-state index contributed by atoms with van der Waals surface area (Å²) in [5, 5.41) is 2.32. The van der Waals surface area contributed by atoms with Crippen LogP contribution >= 0.6 is 0 Å². The van der Waals surface area contributed by atoms with Gasteiger partial charge in [-0.1, -0.05) is 0 Å². The maximum atomic E-state index is 13.3. The number of ether oxygens (including phenoxy) is 1. The van der Waals surface area contributed by atoms with Crippen LogP contribution in [0.25, 0.3) is 0 Å². The van der Waals surface area contributed by atoms with Crippen LogP contribution in [0.2, 0.25) is 0 Å². The molecule has 180 valence electrons. The van der Waals surface area contributed by atoms with Gasteiger partial charge in [-0.15, -0.1) is 0 Å². The molecular weight excluding hydrogens is 422 g/mol. The average Bonchev–Trinajstić information content (AvgIpc) is 2.84. The Kier molecular flexibility index (Phi) is 7.49. The second-order valence-electron chi connectivity index (χ2n) is 9.24. The van der Waals surface area contributed by atoms with Gasteiger partial charge >= 0.3 is 6.03 Å². The summed E-state index contributed by atoms with van der Waals surface area (Å²) >= 11 is 0. The van der Waals surface area contributed by atoms with Crippen molar-refractivity contribution in [3.8, 4) is 5.75 Å². The lowest BCUT2D eigenvalue weighted by Crippen LogP contribution is -2.49. The Labute approximate surface area is 195 Å². The van der Waals surface area contributed by atoms with E-state index in [2.05, 4.69) is 10.2 Å². The quantitative estimate of drug-likeness (QED) is 0.673. The van der Waals surface area contributed by atoms with E-state index in [1.807, 2.05) is 4.90 Å². The third-order valence-electron chi connectivity index (χ3n) is 7.34. The lowest BCUT2D eigenvalue weighted by atomic mass is 9.78. The molecule has 1 aromatic carbocycles. The van der Waals surface area contributed by atoms with E-state index < -0.39 is 6.03 Å². The predicted molar refractivity (Wildman–Crippen MR) is 125 cm³/mol. The van der Waals surface area contributed by atoms with Crippen LogP contribution < -0.4 is 20.7 Å². The van der Waals surface area contributed by atoms with Crippen LogP contribution in [0.5, 0.6) is 5.75 Å². The summed E-state index contributed by atoms with van der Waals surface area (Å²) in [7, 11) is 1.53. The highest BCUT2D eigenvalue weighted by Gasteiger charge is 2.32. The zero-order valence-electron chi connectivity index (χ0n) is 19.4. The summed E-state index contributed by atoms with van der Waals surface area (Å²) in [6.07, 6.45) is 4.73. The number of methoxy groups -OCH3 is 1. The number of rotatable bonds is 6. The number of hydrogen-bond donors (Lipinski definition) is 2. The van der Waals surface area contributed by atoms with Gasteiger partial charge in [-0.25, -0.2) is 4.79 Å². The molecule has 3 aliphatic rings. The fourth-order valence-corrected chi connectivity index (χ4v) is 5.41. The second-order valence-corrected chi connectivity index (χ2v) is 9.24. The Morgan fingerprint density at radius 2 is 1.73 bits per heavy atom. The number of benzene rings is 1. The van der Waals surface area contributed by atoms with Gasteiger partial charge in [0.05, 0.1) is 12.8 Å². The lowest BCUT2D eigenvalue weighted by molar-refractivity contribution is -0.120. The summed E-state index contributed by atoms with van der Waals surface area (Å²) in [6, 6.07) is 4.67. The summed E-state index contributed by atoms with van der Waals surface area (Å²) in [4.78, 5) is 42.9. The van der Waals surface area contributed by atoms with Crippen LogP contribution in [0, 0.1) is 11.8 Å². The molecule has 0 saturated carbocycles. The van der Waals surface area contributed by atoms with Gasteiger partial charge in [0.15, 0.2) is 0 Å². The van der Waals surface area contributed by atoms with Gasteiger partial charge in [-0.05, 0) is 68.8 Å². The van der Waals surface area contributed by atoms with Crippen molar-refractivity contribution in [3.63, 3.8) is 0 Å². The minimum Gasteiger partial charge on any atom is -0.495 e. The van der Waals surface area contributed by atoms with Crippen molar-refractivity contribution < 1.29 is 19.1 Å². The Bertz CT molecular complexity index is 876. The molecule has 33 heavy (non-hydrogen) atoms. The van der Waals surface area contributed by atoms with Crippen LogP contribution in [0.15, 0.2) is 18.2 Å². The first-order chi connectivity index (χ1) is 16.0. The fraction of sp³-hybridized carbons (Fsp3) is 0.625. The number of likely N-dealkylation sites (tertiary alicyclic amines) is 2. The Morgan fingerprint density at radius 1 is 1.06 bits per heavy atom. The van der Waals surface area contributed by atoms with E-state index in [9.17, 15) is 14.4 Å². The fourth-order valence-electron chi connectivity index (χ4n) is 5.41. The summed E-state index contributed by atoms with van der Waals surface area (Å²) in [6.45, 7) is 5.74. The first-order valence-corrected chi connectivity index (χ1v) is 12.0. The standard InChI is InChI=1S/C24H35N5O4/c1-33-21-3-2-19(16-20(21)29-14-8-22(30)26-24(29)32)23(31)28-12-6-18(7-13-28)17-4-10-27(11-5-17)15-9-25/h2-3,16-18H,4-15,25H2,1H3,(H,26,30,32). The van der Waals surface area contributed by atoms with Crippen molar-refractivity contribution >= 4 is 23.5 Å². The van der Waals surface area contributed by atoms with E-state index >= 15 is 0 Å². The van der Waals surface area contributed by atoms with Crippen molar-refractivity contribution in [3.05, 3.63) is 23.8 Å². The normalized spacial score (nSPS) is 21.3. The maximum absolute atomic E-state index is 13.3. The lowest BCUT2D eigenvalue weighted by Gasteiger charge is -2.40. The number of nitrogens with one attached hydrogen (secondary N) is 1. The van der Waals surface area contributed by atoms with E-state index in [0.29, 0.717) is 22.9 Å². The van der Waals surface area contributed by atoms with E-state index in [-0.39, 0.29) is 24.8 Å². The van der Waals surface area contributed by atoms with Crippen LogP contribution in [0.4, 0.5) is 10.5 Å². The number of nitrogens with two attached hydrogens (primary N) is 1. The van der Waals surface area contributed by atoms with E-state index in [4.69, 9.17) is 10.5 Å². The van der Waals surface area contributed by atoms with E-state index in [1.54, 1.807) is 18.2 Å². The van der Waals surface area contributed by atoms with Gasteiger partial charge in [-0.2, -0.15) is 0 Å². The minimum atomic E-state index is -0.493. The number of imide groups is 1. The molecule has 9 heteroatoms. The molecule has 3 aliphatic heterocycles. The van der Waals surface area contributed by atoms with Crippen LogP contribution in [-0.4, -0.2) is 80.6 Å². The third kappa shape index (κ3) is 5.30. The maximum Gasteiger partial charge on any atom is 0.328 e. The van der Waals surface area contributed by atoms with Crippen LogP contribution in [0.3, 0.4) is 0 Å². The molecular formula is C24H35N5O4. The third-order valence-corrected chi connectivity index (χ3v) is 7.34. The number of piperidine rings is 2. The summed E-state index contributed by atoms with van der Waals surface area (Å²) < 4.78 is 5.42. The molecule has 9 nitrogen and oxygen atoms in total. The van der Waals surface area contributed by atoms with Crippen molar-refractivity contribution in [1.82, 2.24) is 15.1 Å². The van der Waals surface area contributed by atoms with Crippen molar-refractivity contribution in [2.24, 2.45) is 17.6 Å². The Hall–Kier alpha value is -2.65. The predicted octanol–water partition coefficient (Wildman–Crippen LogP) is 1.66. The van der Waals surface area contributed by atoms with Gasteiger partial charge in [0.1, 0.15) is 5.75 Å². The van der Waals surface area contributed by atoms with Gasteiger partial charge in [0.25, 0.3) is 5.91 Å². The molecule has 0 atom stereocenters. The molecule has 0 aromatic heterocycles. The highest BCUT2D eigenvalue weighted by molar-refractivity contribution is 6.07. The number of carbonyl (C=O) groups is 3. The molecule has 0 spiro atoms. The first kappa shape index (κ1) is 23.5. The van der Waals surface area contributed by atoms with Crippen LogP contribution in [0.1, 0.15) is 42.5 Å². The number of nitrogens with zero attached hydrogens (tertiary/aromatic N) is 3. The van der Waals surface area contributed by atoms with E-state index in [1.165, 1.54) is 24.9 Å². The van der Waals surface area contributed by atoms with Gasteiger partial charge in [0, 0.05) is 44.7 Å². The number of urea groups is 1. The van der Waals surface area contributed by atoms with Crippen LogP contribution in [-0.2, 0) is 4.79 Å². The zero-order chi connectivity index (χ0) is 23.4. The van der Waals surface area contributed by atoms with Crippen molar-refractivity contribution in [2.45, 2.75) is 32.1 Å². The van der Waals surface area contributed by atoms with E-state index in [0.717, 1.165) is 58.0 Å². The number of hydrogen-bond acceptors (Lipinski definition) is 6. The summed E-state index contributed by atoms with van der Waals surface area (Å²) in [5.41, 5.74) is 6.72. The largest absolute Gasteiger partial charge is 0.495 e. The first-order valence-electron chi connectivity index (χ1n) is 12.0. The smallest absolute Gasteiger partial charge is 0.328 e. The molecule has 0 bridgehead atoms. The monoisotopic (exact) mass is 457 g/mol. The number of carbonyl (C=O) groups excluding carboxylic acids is 3. The van der Waals surface area contributed by atoms with Crippen molar-refractivity contribution in [1.29, 1.82) is 0 Å². The highest BCUT2D eigenvalue weighted by Crippen LogP contribution is 2.34. The SMILES string of the molecule is COc1ccc(C(=O)N2CCC(C3CCN(CCN)CC3)CC2)cc1N1CCC(=O)NC1=O. The molecule has 1 aromatic rings. The molecule has 3 N–H and O–H groups in total. The molecule has 0 unspecified atom stereocenters. The topological polar surface area (TPSA) is 108 Å². The molecule has 4 rings (SSSR count). The van der Waals surface area contributed by atoms with Gasteiger partial charge < -0.3 is 20.3 Å². The number of anilines is 1. The molecule has 3 heterocycles. The molecule has 3 saturated heterocycles. The summed E-state index contributed by atoms with van der Waals surface area (Å²) in [5.74, 6) is 1.59. The molecule has 4 amide bonds. The Morgan fingerprint density at radius 3 is 2.33 bits per heavy atom. The minimum absolute atomic E-state index is 0.0244. The number of amides is 4. The van der Waals surface area contributed by atoms with Crippen molar-refractivity contribution in [2.75, 3.05) is 57.8 Å². The highest BCUT2D eigenvalue weighted by atomic mass is 16.5. The Balaban J connectivity index is 1.38. The van der Waals surface area contributed by atoms with Gasteiger partial charge in [0.2, 0.25) is 5.91 Å².